The van der Waals surface area contributed by atoms with Gasteiger partial charge in [0, 0.05) is 13.5 Å². The number of pyridine rings is 1. The highest BCUT2D eigenvalue weighted by atomic mass is 16.5. The fourth-order valence-electron chi connectivity index (χ4n) is 4.22. The van der Waals surface area contributed by atoms with Crippen LogP contribution in [0.5, 0.6) is 6.01 Å². The molecule has 0 radical (unpaired) electrons. The molecular weight excluding hydrogens is 420 g/mol. The molecule has 0 atom stereocenters. The minimum atomic E-state index is 0.00374. The van der Waals surface area contributed by atoms with Crippen molar-refractivity contribution in [1.82, 2.24) is 19.5 Å². The number of imidazole rings is 1. The van der Waals surface area contributed by atoms with Crippen LogP contribution in [-0.4, -0.2) is 38.5 Å². The summed E-state index contributed by atoms with van der Waals surface area (Å²) in [7, 11) is 1.63. The largest absolute Gasteiger partial charge is 0.458 e. The molecule has 0 saturated heterocycles. The highest BCUT2D eigenvalue weighted by Gasteiger charge is 2.19. The van der Waals surface area contributed by atoms with Crippen LogP contribution >= 0.6 is 0 Å². The number of aromatic nitrogens is 3. The number of carbonyl (C=O) groups is 1. The van der Waals surface area contributed by atoms with Gasteiger partial charge in [-0.1, -0.05) is 37.5 Å². The molecule has 1 amide bonds. The first kappa shape index (κ1) is 22.5. The van der Waals surface area contributed by atoms with E-state index in [1.54, 1.807) is 17.7 Å². The van der Waals surface area contributed by atoms with Crippen LogP contribution in [0.1, 0.15) is 44.2 Å². The van der Waals surface area contributed by atoms with Crippen LogP contribution in [0.4, 0.5) is 5.82 Å². The Balaban J connectivity index is 1.47. The molecule has 2 aromatic heterocycles. The molecule has 0 aliphatic heterocycles. The van der Waals surface area contributed by atoms with E-state index in [0.29, 0.717) is 29.4 Å². The summed E-state index contributed by atoms with van der Waals surface area (Å²) in [6.07, 6.45) is 6.49. The van der Waals surface area contributed by atoms with E-state index in [0.717, 1.165) is 18.4 Å². The number of fused-ring (bicyclic) bond motifs is 1. The molecule has 1 fully saturated rings. The lowest BCUT2D eigenvalue weighted by Crippen LogP contribution is -2.39. The second kappa shape index (κ2) is 10.3. The van der Waals surface area contributed by atoms with Crippen LogP contribution in [0.15, 0.2) is 47.6 Å². The summed E-state index contributed by atoms with van der Waals surface area (Å²) in [4.78, 5) is 21.5. The molecule has 0 unspecified atom stereocenters. The predicted molar refractivity (Wildman–Crippen MR) is 127 cm³/mol. The van der Waals surface area contributed by atoms with Crippen molar-refractivity contribution in [2.45, 2.75) is 45.1 Å². The Hall–Kier alpha value is -3.66. The normalized spacial score (nSPS) is 14.9. The van der Waals surface area contributed by atoms with E-state index in [4.69, 9.17) is 16.4 Å². The molecule has 1 saturated carbocycles. The molecule has 10 nitrogen and oxygen atoms in total. The molecule has 5 N–H and O–H groups in total. The van der Waals surface area contributed by atoms with Gasteiger partial charge < -0.3 is 15.9 Å². The molecule has 3 aromatic rings. The minimum absolute atomic E-state index is 0.00374. The first-order valence-electron chi connectivity index (χ1n) is 11.2. The van der Waals surface area contributed by atoms with Gasteiger partial charge in [0.1, 0.15) is 12.4 Å². The van der Waals surface area contributed by atoms with Crippen molar-refractivity contribution in [2.75, 3.05) is 12.4 Å². The Morgan fingerprint density at radius 3 is 2.73 bits per heavy atom. The number of hydrogen-bond acceptors (Lipinski definition) is 7. The van der Waals surface area contributed by atoms with Gasteiger partial charge in [0.15, 0.2) is 0 Å². The SMILES string of the molecule is CN(N)/C(=N\N)n1c(OCc2cccc(NC(=O)CC3CCCCC3)n2)nc2ccccc21. The maximum absolute atomic E-state index is 12.5. The molecule has 33 heavy (non-hydrogen) atoms. The second-order valence-corrected chi connectivity index (χ2v) is 8.32. The Morgan fingerprint density at radius 1 is 1.18 bits per heavy atom. The van der Waals surface area contributed by atoms with Gasteiger partial charge in [-0.3, -0.25) is 9.80 Å². The third-order valence-electron chi connectivity index (χ3n) is 5.78. The number of hydrogen-bond donors (Lipinski definition) is 3. The zero-order valence-electron chi connectivity index (χ0n) is 18.8. The summed E-state index contributed by atoms with van der Waals surface area (Å²) >= 11 is 0. The van der Waals surface area contributed by atoms with E-state index >= 15 is 0 Å². The molecule has 2 heterocycles. The number of para-hydroxylation sites is 2. The average molecular weight is 451 g/mol. The number of rotatable bonds is 6. The van der Waals surface area contributed by atoms with Gasteiger partial charge >= 0.3 is 6.01 Å². The van der Waals surface area contributed by atoms with Crippen molar-refractivity contribution in [2.24, 2.45) is 22.7 Å². The number of carbonyl (C=O) groups excluding carboxylic acids is 1. The number of amides is 1. The Bertz CT molecular complexity index is 1130. The molecular formula is C23H30N8O2. The monoisotopic (exact) mass is 450 g/mol. The number of hydrazone groups is 1. The fourth-order valence-corrected chi connectivity index (χ4v) is 4.22. The fraction of sp³-hybridized carbons (Fsp3) is 0.391. The van der Waals surface area contributed by atoms with Crippen LogP contribution in [0, 0.1) is 5.92 Å². The molecule has 0 bridgehead atoms. The van der Waals surface area contributed by atoms with E-state index in [-0.39, 0.29) is 24.5 Å². The number of benzene rings is 1. The maximum Gasteiger partial charge on any atom is 0.304 e. The highest BCUT2D eigenvalue weighted by molar-refractivity contribution is 5.93. The minimum Gasteiger partial charge on any atom is -0.458 e. The lowest BCUT2D eigenvalue weighted by atomic mass is 9.87. The van der Waals surface area contributed by atoms with Gasteiger partial charge in [0.25, 0.3) is 0 Å². The van der Waals surface area contributed by atoms with Gasteiger partial charge in [-0.15, -0.1) is 5.10 Å². The number of nitrogens with one attached hydrogen (secondary N) is 1. The van der Waals surface area contributed by atoms with Crippen molar-refractivity contribution in [3.63, 3.8) is 0 Å². The Morgan fingerprint density at radius 2 is 1.97 bits per heavy atom. The molecule has 0 spiro atoms. The summed E-state index contributed by atoms with van der Waals surface area (Å²) in [6.45, 7) is 0.141. The molecule has 10 heteroatoms. The summed E-state index contributed by atoms with van der Waals surface area (Å²) in [5, 5.41) is 8.00. The van der Waals surface area contributed by atoms with Crippen molar-refractivity contribution >= 4 is 28.7 Å². The van der Waals surface area contributed by atoms with Crippen LogP contribution in [0.3, 0.4) is 0 Å². The third kappa shape index (κ3) is 5.40. The van der Waals surface area contributed by atoms with Crippen LogP contribution in [0.25, 0.3) is 11.0 Å². The first-order valence-corrected chi connectivity index (χ1v) is 11.2. The number of anilines is 1. The zero-order valence-corrected chi connectivity index (χ0v) is 18.8. The van der Waals surface area contributed by atoms with E-state index in [1.165, 1.54) is 24.3 Å². The third-order valence-corrected chi connectivity index (χ3v) is 5.78. The number of hydrazine groups is 1. The van der Waals surface area contributed by atoms with Gasteiger partial charge in [-0.05, 0) is 43.0 Å². The van der Waals surface area contributed by atoms with Gasteiger partial charge in [0.05, 0.1) is 16.7 Å². The smallest absolute Gasteiger partial charge is 0.304 e. The number of ether oxygens (including phenoxy) is 1. The predicted octanol–water partition coefficient (Wildman–Crippen LogP) is 2.80. The maximum atomic E-state index is 12.5. The first-order chi connectivity index (χ1) is 16.0. The van der Waals surface area contributed by atoms with E-state index in [9.17, 15) is 4.79 Å². The highest BCUT2D eigenvalue weighted by Crippen LogP contribution is 2.26. The summed E-state index contributed by atoms with van der Waals surface area (Å²) in [5.74, 6) is 12.7. The average Bonchev–Trinajstić information content (AvgIpc) is 3.17. The lowest BCUT2D eigenvalue weighted by Gasteiger charge is -2.20. The number of nitrogens with zero attached hydrogens (tertiary/aromatic N) is 5. The second-order valence-electron chi connectivity index (χ2n) is 8.32. The molecule has 4 rings (SSSR count). The van der Waals surface area contributed by atoms with Crippen molar-refractivity contribution in [3.8, 4) is 6.01 Å². The topological polar surface area (TPSA) is 137 Å². The van der Waals surface area contributed by atoms with Crippen molar-refractivity contribution in [3.05, 3.63) is 48.2 Å². The molecule has 174 valence electrons. The molecule has 1 aliphatic carbocycles. The molecule has 1 aromatic carbocycles. The standard InChI is InChI=1S/C23H30N8O2/c1-30(25)22(29-24)31-19-12-6-5-11-18(19)27-23(31)33-15-17-10-7-13-20(26-17)28-21(32)14-16-8-3-2-4-9-16/h5-7,10-13,16H,2-4,8-9,14-15,24-25H2,1H3,(H,26,28,32)/b29-22+. The van der Waals surface area contributed by atoms with E-state index in [1.807, 2.05) is 36.4 Å². The Labute approximate surface area is 192 Å². The van der Waals surface area contributed by atoms with Gasteiger partial charge in [-0.2, -0.15) is 4.98 Å². The van der Waals surface area contributed by atoms with Crippen LogP contribution in [0.2, 0.25) is 0 Å². The van der Waals surface area contributed by atoms with Gasteiger partial charge in [0.2, 0.25) is 11.9 Å². The summed E-state index contributed by atoms with van der Waals surface area (Å²) in [6, 6.07) is 13.2. The zero-order chi connectivity index (χ0) is 23.2. The van der Waals surface area contributed by atoms with Crippen molar-refractivity contribution < 1.29 is 9.53 Å². The summed E-state index contributed by atoms with van der Waals surface area (Å²) in [5.41, 5.74) is 2.12. The van der Waals surface area contributed by atoms with Crippen LogP contribution in [-0.2, 0) is 11.4 Å². The molecule has 1 aliphatic rings. The van der Waals surface area contributed by atoms with Crippen LogP contribution < -0.4 is 21.7 Å². The van der Waals surface area contributed by atoms with E-state index < -0.39 is 0 Å². The van der Waals surface area contributed by atoms with E-state index in [2.05, 4.69) is 20.4 Å². The van der Waals surface area contributed by atoms with Crippen molar-refractivity contribution in [1.29, 1.82) is 0 Å². The lowest BCUT2D eigenvalue weighted by molar-refractivity contribution is -0.117. The quantitative estimate of drug-likeness (QED) is 0.227. The van der Waals surface area contributed by atoms with Gasteiger partial charge in [-0.25, -0.2) is 15.4 Å². The Kier molecular flexibility index (Phi) is 7.04. The summed E-state index contributed by atoms with van der Waals surface area (Å²) < 4.78 is 7.62. The number of nitrogens with two attached hydrogens (primary N) is 2.